The molecule has 0 bridgehead atoms. The van der Waals surface area contributed by atoms with Crippen LogP contribution in [0, 0.1) is 6.92 Å². The van der Waals surface area contributed by atoms with Crippen LogP contribution in [0.1, 0.15) is 49.5 Å². The van der Waals surface area contributed by atoms with E-state index in [1.54, 1.807) is 28.8 Å². The molecule has 1 aliphatic rings. The van der Waals surface area contributed by atoms with Crippen molar-refractivity contribution >= 4 is 29.4 Å². The molecule has 136 valence electrons. The maximum Gasteiger partial charge on any atom is 0.244 e. The molecule has 1 aromatic rings. The Labute approximate surface area is 153 Å². The molecule has 0 saturated carbocycles. The first-order valence-corrected chi connectivity index (χ1v) is 9.62. The number of thioether (sulfide) groups is 1. The fourth-order valence-electron chi connectivity index (χ4n) is 2.61. The number of benzene rings is 1. The summed E-state index contributed by atoms with van der Waals surface area (Å²) in [5.41, 5.74) is 1.38. The number of ketones is 1. The third-order valence-electron chi connectivity index (χ3n) is 3.94. The number of nitrogens with one attached hydrogen (secondary N) is 1. The van der Waals surface area contributed by atoms with Gasteiger partial charge in [-0.3, -0.25) is 14.4 Å². The van der Waals surface area contributed by atoms with Crippen molar-refractivity contribution < 1.29 is 14.4 Å². The molecule has 6 heteroatoms. The summed E-state index contributed by atoms with van der Waals surface area (Å²) in [6, 6.07) is 6.89. The van der Waals surface area contributed by atoms with Gasteiger partial charge in [-0.25, -0.2) is 0 Å². The van der Waals surface area contributed by atoms with Crippen molar-refractivity contribution in [2.24, 2.45) is 0 Å². The monoisotopic (exact) mass is 362 g/mol. The molecule has 5 nitrogen and oxygen atoms in total. The lowest BCUT2D eigenvalue weighted by molar-refractivity contribution is -0.138. The summed E-state index contributed by atoms with van der Waals surface area (Å²) < 4.78 is 0. The number of nitrogens with zero attached hydrogens (tertiary/aromatic N) is 1. The first-order valence-electron chi connectivity index (χ1n) is 8.46. The number of Topliss-reactive ketones (excluding diaryl/α,β-unsaturated/α-hetero) is 1. The summed E-state index contributed by atoms with van der Waals surface area (Å²) in [5.74, 6) is 0.783. The van der Waals surface area contributed by atoms with Crippen LogP contribution in [-0.2, 0) is 9.59 Å². The second-order valence-corrected chi connectivity index (χ2v) is 8.41. The highest BCUT2D eigenvalue weighted by atomic mass is 32.2. The van der Waals surface area contributed by atoms with E-state index in [4.69, 9.17) is 0 Å². The topological polar surface area (TPSA) is 66.5 Å². The molecular formula is C19H26N2O3S. The fourth-order valence-corrected chi connectivity index (χ4v) is 3.79. The Balaban J connectivity index is 1.92. The minimum absolute atomic E-state index is 0.0455. The van der Waals surface area contributed by atoms with Gasteiger partial charge in [0, 0.05) is 29.7 Å². The molecule has 0 aromatic heterocycles. The van der Waals surface area contributed by atoms with Gasteiger partial charge < -0.3 is 10.2 Å². The Morgan fingerprint density at radius 3 is 2.40 bits per heavy atom. The summed E-state index contributed by atoms with van der Waals surface area (Å²) in [6.07, 6.45) is 0.295. The highest BCUT2D eigenvalue weighted by Crippen LogP contribution is 2.23. The van der Waals surface area contributed by atoms with E-state index >= 15 is 0 Å². The fraction of sp³-hybridized carbons (Fsp3) is 0.526. The standard InChI is InChI=1S/C19H26N2O3S/c1-13-5-7-14(8-6-13)16(22)9-10-17(23)21-12-25-11-15(21)18(24)20-19(2,3)4/h5-8,15H,9-12H2,1-4H3,(H,20,24). The van der Waals surface area contributed by atoms with Gasteiger partial charge in [-0.1, -0.05) is 29.8 Å². The summed E-state index contributed by atoms with van der Waals surface area (Å²) in [6.45, 7) is 7.71. The Bertz CT molecular complexity index is 650. The van der Waals surface area contributed by atoms with Crippen LogP contribution in [0.25, 0.3) is 0 Å². The van der Waals surface area contributed by atoms with Crippen LogP contribution in [0.3, 0.4) is 0 Å². The summed E-state index contributed by atoms with van der Waals surface area (Å²) in [7, 11) is 0. The average Bonchev–Trinajstić information content (AvgIpc) is 3.01. The molecule has 2 amide bonds. The van der Waals surface area contributed by atoms with E-state index < -0.39 is 6.04 Å². The smallest absolute Gasteiger partial charge is 0.244 e. The van der Waals surface area contributed by atoms with Crippen molar-refractivity contribution in [3.8, 4) is 0 Å². The third kappa shape index (κ3) is 5.59. The SMILES string of the molecule is Cc1ccc(C(=O)CCC(=O)N2CSCC2C(=O)NC(C)(C)C)cc1. The molecule has 1 saturated heterocycles. The largest absolute Gasteiger partial charge is 0.350 e. The van der Waals surface area contributed by atoms with Crippen LogP contribution in [0.5, 0.6) is 0 Å². The van der Waals surface area contributed by atoms with E-state index in [-0.39, 0.29) is 36.0 Å². The predicted molar refractivity (Wildman–Crippen MR) is 101 cm³/mol. The maximum absolute atomic E-state index is 12.5. The molecule has 1 atom stereocenters. The Morgan fingerprint density at radius 2 is 1.80 bits per heavy atom. The molecule has 1 unspecified atom stereocenters. The van der Waals surface area contributed by atoms with Crippen molar-refractivity contribution in [3.63, 3.8) is 0 Å². The number of amides is 2. The third-order valence-corrected chi connectivity index (χ3v) is 4.96. The maximum atomic E-state index is 12.5. The minimum atomic E-state index is -0.453. The van der Waals surface area contributed by atoms with E-state index in [1.165, 1.54) is 0 Å². The average molecular weight is 362 g/mol. The lowest BCUT2D eigenvalue weighted by Gasteiger charge is -2.27. The van der Waals surface area contributed by atoms with Gasteiger partial charge in [-0.15, -0.1) is 11.8 Å². The highest BCUT2D eigenvalue weighted by molar-refractivity contribution is 7.99. The molecule has 1 N–H and O–H groups in total. The molecule has 2 rings (SSSR count). The minimum Gasteiger partial charge on any atom is -0.350 e. The Hall–Kier alpha value is -1.82. The number of rotatable bonds is 5. The molecule has 25 heavy (non-hydrogen) atoms. The number of hydrogen-bond acceptors (Lipinski definition) is 4. The predicted octanol–water partition coefficient (Wildman–Crippen LogP) is 2.77. The van der Waals surface area contributed by atoms with Crippen LogP contribution in [0.4, 0.5) is 0 Å². The first-order chi connectivity index (χ1) is 11.7. The lowest BCUT2D eigenvalue weighted by Crippen LogP contribution is -2.52. The Kier molecular flexibility index (Phi) is 6.27. The van der Waals surface area contributed by atoms with Crippen molar-refractivity contribution in [3.05, 3.63) is 35.4 Å². The second kappa shape index (κ2) is 8.04. The van der Waals surface area contributed by atoms with Crippen LogP contribution < -0.4 is 5.32 Å². The van der Waals surface area contributed by atoms with Gasteiger partial charge in [0.1, 0.15) is 6.04 Å². The van der Waals surface area contributed by atoms with E-state index in [1.807, 2.05) is 39.8 Å². The quantitative estimate of drug-likeness (QED) is 0.818. The molecule has 1 aromatic carbocycles. The first kappa shape index (κ1) is 19.5. The zero-order chi connectivity index (χ0) is 18.6. The number of carbonyl (C=O) groups is 3. The van der Waals surface area contributed by atoms with Gasteiger partial charge >= 0.3 is 0 Å². The Morgan fingerprint density at radius 1 is 1.16 bits per heavy atom. The summed E-state index contributed by atoms with van der Waals surface area (Å²) in [5, 5.41) is 2.93. The van der Waals surface area contributed by atoms with E-state index in [0.29, 0.717) is 17.2 Å². The van der Waals surface area contributed by atoms with Crippen molar-refractivity contribution in [1.29, 1.82) is 0 Å². The van der Waals surface area contributed by atoms with Gasteiger partial charge in [0.05, 0.1) is 5.88 Å². The molecule has 1 aliphatic heterocycles. The van der Waals surface area contributed by atoms with Crippen molar-refractivity contribution in [2.45, 2.75) is 52.1 Å². The van der Waals surface area contributed by atoms with E-state index in [9.17, 15) is 14.4 Å². The van der Waals surface area contributed by atoms with Crippen LogP contribution in [-0.4, -0.2) is 45.7 Å². The van der Waals surface area contributed by atoms with Crippen LogP contribution >= 0.6 is 11.8 Å². The zero-order valence-corrected chi connectivity index (χ0v) is 16.1. The van der Waals surface area contributed by atoms with Gasteiger partial charge in [0.25, 0.3) is 0 Å². The zero-order valence-electron chi connectivity index (χ0n) is 15.3. The van der Waals surface area contributed by atoms with E-state index in [0.717, 1.165) is 5.56 Å². The molecule has 1 heterocycles. The molecular weight excluding hydrogens is 336 g/mol. The number of hydrogen-bond donors (Lipinski definition) is 1. The number of carbonyl (C=O) groups excluding carboxylic acids is 3. The van der Waals surface area contributed by atoms with Crippen LogP contribution in [0.15, 0.2) is 24.3 Å². The normalized spacial score (nSPS) is 17.4. The van der Waals surface area contributed by atoms with E-state index in [2.05, 4.69) is 5.32 Å². The van der Waals surface area contributed by atoms with Gasteiger partial charge in [0.2, 0.25) is 11.8 Å². The number of aryl methyl sites for hydroxylation is 1. The van der Waals surface area contributed by atoms with Gasteiger partial charge in [-0.05, 0) is 27.7 Å². The molecule has 0 radical (unpaired) electrons. The summed E-state index contributed by atoms with van der Waals surface area (Å²) in [4.78, 5) is 38.7. The summed E-state index contributed by atoms with van der Waals surface area (Å²) >= 11 is 1.56. The van der Waals surface area contributed by atoms with Crippen molar-refractivity contribution in [1.82, 2.24) is 10.2 Å². The van der Waals surface area contributed by atoms with Gasteiger partial charge in [-0.2, -0.15) is 0 Å². The second-order valence-electron chi connectivity index (χ2n) is 7.41. The van der Waals surface area contributed by atoms with Gasteiger partial charge in [0.15, 0.2) is 5.78 Å². The highest BCUT2D eigenvalue weighted by Gasteiger charge is 2.35. The van der Waals surface area contributed by atoms with Crippen molar-refractivity contribution in [2.75, 3.05) is 11.6 Å². The molecule has 0 aliphatic carbocycles. The van der Waals surface area contributed by atoms with Crippen LogP contribution in [0.2, 0.25) is 0 Å². The molecule has 0 spiro atoms. The lowest BCUT2D eigenvalue weighted by atomic mass is 10.0. The molecule has 1 fully saturated rings.